The summed E-state index contributed by atoms with van der Waals surface area (Å²) < 4.78 is 5.54. The van der Waals surface area contributed by atoms with Crippen LogP contribution in [-0.4, -0.2) is 38.8 Å². The molecule has 2 atom stereocenters. The van der Waals surface area contributed by atoms with Gasteiger partial charge in [0.15, 0.2) is 0 Å². The molecule has 4 nitrogen and oxygen atoms in total. The van der Waals surface area contributed by atoms with Gasteiger partial charge in [-0.2, -0.15) is 0 Å². The number of halogens is 1. The van der Waals surface area contributed by atoms with Crippen LogP contribution in [0.5, 0.6) is 0 Å². The fraction of sp³-hybridized carbons (Fsp3) is 0.923. The zero-order chi connectivity index (χ0) is 11.7. The van der Waals surface area contributed by atoms with Gasteiger partial charge in [0.25, 0.3) is 0 Å². The summed E-state index contributed by atoms with van der Waals surface area (Å²) in [6.07, 6.45) is 4.48. The topological polar surface area (TPSA) is 50.4 Å². The van der Waals surface area contributed by atoms with Crippen LogP contribution in [0.25, 0.3) is 0 Å². The van der Waals surface area contributed by atoms with Gasteiger partial charge >= 0.3 is 0 Å². The summed E-state index contributed by atoms with van der Waals surface area (Å²) in [4.78, 5) is 11.9. The van der Waals surface area contributed by atoms with E-state index in [1.807, 2.05) is 0 Å². The van der Waals surface area contributed by atoms with Crippen molar-refractivity contribution in [2.75, 3.05) is 32.8 Å². The highest BCUT2D eigenvalue weighted by Gasteiger charge is 2.45. The van der Waals surface area contributed by atoms with Crippen molar-refractivity contribution in [2.24, 2.45) is 17.3 Å². The number of carbonyl (C=O) groups excluding carboxylic acids is 1. The number of carbonyl (C=O) groups is 1. The number of hydrogen-bond acceptors (Lipinski definition) is 3. The minimum absolute atomic E-state index is 0. The van der Waals surface area contributed by atoms with E-state index in [4.69, 9.17) is 4.74 Å². The van der Waals surface area contributed by atoms with Crippen LogP contribution in [-0.2, 0) is 9.53 Å². The Bertz CT molecular complexity index is 309. The molecule has 0 aromatic rings. The Labute approximate surface area is 115 Å². The van der Waals surface area contributed by atoms with Crippen LogP contribution < -0.4 is 10.6 Å². The second kappa shape index (κ2) is 5.76. The molecule has 1 amide bonds. The molecule has 3 fully saturated rings. The first kappa shape index (κ1) is 14.1. The lowest BCUT2D eigenvalue weighted by Crippen LogP contribution is -2.48. The molecule has 3 aliphatic rings. The van der Waals surface area contributed by atoms with Gasteiger partial charge in [0.05, 0.1) is 6.61 Å². The smallest absolute Gasteiger partial charge is 0.223 e. The summed E-state index contributed by atoms with van der Waals surface area (Å²) in [6.45, 7) is 4.61. The van der Waals surface area contributed by atoms with E-state index in [9.17, 15) is 4.79 Å². The first-order valence-corrected chi connectivity index (χ1v) is 6.86. The first-order valence-electron chi connectivity index (χ1n) is 6.86. The van der Waals surface area contributed by atoms with Gasteiger partial charge in [-0.1, -0.05) is 6.42 Å². The van der Waals surface area contributed by atoms with Crippen molar-refractivity contribution < 1.29 is 9.53 Å². The molecular formula is C13H23ClN2O2. The Hall–Kier alpha value is -0.320. The van der Waals surface area contributed by atoms with Gasteiger partial charge in [0.1, 0.15) is 0 Å². The van der Waals surface area contributed by atoms with E-state index in [1.165, 1.54) is 6.42 Å². The third kappa shape index (κ3) is 2.51. The highest BCUT2D eigenvalue weighted by molar-refractivity contribution is 5.85. The van der Waals surface area contributed by atoms with E-state index in [1.54, 1.807) is 0 Å². The van der Waals surface area contributed by atoms with Gasteiger partial charge in [0.2, 0.25) is 5.91 Å². The Morgan fingerprint density at radius 2 is 2.28 bits per heavy atom. The van der Waals surface area contributed by atoms with Gasteiger partial charge in [0, 0.05) is 43.5 Å². The van der Waals surface area contributed by atoms with E-state index in [2.05, 4.69) is 10.6 Å². The van der Waals surface area contributed by atoms with Crippen molar-refractivity contribution in [2.45, 2.75) is 25.7 Å². The molecule has 0 aromatic heterocycles. The molecule has 3 rings (SSSR count). The molecule has 2 heterocycles. The summed E-state index contributed by atoms with van der Waals surface area (Å²) in [6, 6.07) is 0. The van der Waals surface area contributed by atoms with Crippen molar-refractivity contribution in [3.63, 3.8) is 0 Å². The van der Waals surface area contributed by atoms with E-state index in [0.717, 1.165) is 52.1 Å². The van der Waals surface area contributed by atoms with Gasteiger partial charge < -0.3 is 15.4 Å². The maximum Gasteiger partial charge on any atom is 0.223 e. The van der Waals surface area contributed by atoms with Crippen LogP contribution in [0.3, 0.4) is 0 Å². The molecule has 1 saturated carbocycles. The normalized spacial score (nSPS) is 35.2. The molecule has 0 spiro atoms. The zero-order valence-corrected chi connectivity index (χ0v) is 11.6. The van der Waals surface area contributed by atoms with Crippen LogP contribution in [0.2, 0.25) is 0 Å². The Kier molecular flexibility index (Phi) is 4.51. The fourth-order valence-electron chi connectivity index (χ4n) is 3.26. The molecule has 0 aromatic carbocycles. The standard InChI is InChI=1S/C13H22N2O2.ClH/c16-12(10-2-1-3-10)15-9-13-4-5-17-7-11(13)6-14-8-13;/h10-11,14H,1-9H2,(H,15,16);1H. The summed E-state index contributed by atoms with van der Waals surface area (Å²) in [5, 5.41) is 6.64. The van der Waals surface area contributed by atoms with Gasteiger partial charge in [-0.25, -0.2) is 0 Å². The Morgan fingerprint density at radius 1 is 1.44 bits per heavy atom. The fourth-order valence-corrected chi connectivity index (χ4v) is 3.26. The SMILES string of the molecule is Cl.O=C(NCC12CCOCC1CNC2)C1CCC1. The highest BCUT2D eigenvalue weighted by atomic mass is 35.5. The maximum absolute atomic E-state index is 11.9. The van der Waals surface area contributed by atoms with Gasteiger partial charge in [-0.15, -0.1) is 12.4 Å². The number of nitrogens with one attached hydrogen (secondary N) is 2. The predicted octanol–water partition coefficient (Wildman–Crippen LogP) is 0.951. The Morgan fingerprint density at radius 3 is 3.00 bits per heavy atom. The molecule has 0 radical (unpaired) electrons. The molecule has 2 aliphatic heterocycles. The lowest BCUT2D eigenvalue weighted by Gasteiger charge is -2.39. The number of fused-ring (bicyclic) bond motifs is 1. The maximum atomic E-state index is 11.9. The molecule has 104 valence electrons. The molecule has 1 aliphatic carbocycles. The monoisotopic (exact) mass is 274 g/mol. The lowest BCUT2D eigenvalue weighted by atomic mass is 9.74. The molecular weight excluding hydrogens is 252 g/mol. The number of ether oxygens (including phenoxy) is 1. The molecule has 18 heavy (non-hydrogen) atoms. The molecule has 2 saturated heterocycles. The molecule has 0 bridgehead atoms. The summed E-state index contributed by atoms with van der Waals surface area (Å²) in [5.74, 6) is 1.17. The number of amides is 1. The second-order valence-electron chi connectivity index (χ2n) is 5.86. The van der Waals surface area contributed by atoms with E-state index in [-0.39, 0.29) is 23.7 Å². The van der Waals surface area contributed by atoms with Crippen LogP contribution >= 0.6 is 12.4 Å². The summed E-state index contributed by atoms with van der Waals surface area (Å²) >= 11 is 0. The average molecular weight is 275 g/mol. The largest absolute Gasteiger partial charge is 0.381 e. The first-order chi connectivity index (χ1) is 8.30. The molecule has 5 heteroatoms. The van der Waals surface area contributed by atoms with Crippen molar-refractivity contribution >= 4 is 18.3 Å². The highest BCUT2D eigenvalue weighted by Crippen LogP contribution is 2.38. The molecule has 2 N–H and O–H groups in total. The minimum atomic E-state index is 0. The van der Waals surface area contributed by atoms with Crippen molar-refractivity contribution in [3.05, 3.63) is 0 Å². The number of rotatable bonds is 3. The lowest BCUT2D eigenvalue weighted by molar-refractivity contribution is -0.128. The Balaban J connectivity index is 0.00000120. The van der Waals surface area contributed by atoms with Crippen LogP contribution in [0.1, 0.15) is 25.7 Å². The van der Waals surface area contributed by atoms with E-state index < -0.39 is 0 Å². The minimum Gasteiger partial charge on any atom is -0.381 e. The van der Waals surface area contributed by atoms with E-state index in [0.29, 0.717) is 11.8 Å². The zero-order valence-electron chi connectivity index (χ0n) is 10.7. The summed E-state index contributed by atoms with van der Waals surface area (Å²) in [5.41, 5.74) is 0.262. The number of hydrogen-bond donors (Lipinski definition) is 2. The summed E-state index contributed by atoms with van der Waals surface area (Å²) in [7, 11) is 0. The average Bonchev–Trinajstić information content (AvgIpc) is 2.68. The van der Waals surface area contributed by atoms with Crippen molar-refractivity contribution in [1.29, 1.82) is 0 Å². The van der Waals surface area contributed by atoms with Crippen LogP contribution in [0.4, 0.5) is 0 Å². The van der Waals surface area contributed by atoms with Crippen LogP contribution in [0, 0.1) is 17.3 Å². The molecule has 2 unspecified atom stereocenters. The predicted molar refractivity (Wildman–Crippen MR) is 71.8 cm³/mol. The van der Waals surface area contributed by atoms with Crippen molar-refractivity contribution in [3.8, 4) is 0 Å². The third-order valence-corrected chi connectivity index (χ3v) is 4.89. The van der Waals surface area contributed by atoms with Gasteiger partial charge in [-0.3, -0.25) is 4.79 Å². The quantitative estimate of drug-likeness (QED) is 0.806. The second-order valence-corrected chi connectivity index (χ2v) is 5.86. The van der Waals surface area contributed by atoms with Crippen molar-refractivity contribution in [1.82, 2.24) is 10.6 Å². The van der Waals surface area contributed by atoms with Gasteiger partial charge in [-0.05, 0) is 19.3 Å². The van der Waals surface area contributed by atoms with Crippen LogP contribution in [0.15, 0.2) is 0 Å². The third-order valence-electron chi connectivity index (χ3n) is 4.89. The van der Waals surface area contributed by atoms with E-state index >= 15 is 0 Å².